The van der Waals surface area contributed by atoms with E-state index in [1.54, 1.807) is 0 Å². The Morgan fingerprint density at radius 3 is 2.96 bits per heavy atom. The van der Waals surface area contributed by atoms with Crippen LogP contribution < -0.4 is 22.5 Å². The van der Waals surface area contributed by atoms with E-state index in [0.29, 0.717) is 6.42 Å². The first-order valence-corrected chi connectivity index (χ1v) is 21.2. The van der Waals surface area contributed by atoms with E-state index in [4.69, 9.17) is 14.5 Å². The van der Waals surface area contributed by atoms with Crippen LogP contribution in [0, 0.1) is 0 Å². The number of esters is 1. The van der Waals surface area contributed by atoms with Gasteiger partial charge in [-0.1, -0.05) is 0 Å². The number of hydrogen-bond donors (Lipinski definition) is 1. The normalized spacial score (nSPS) is 13.7. The number of methoxy groups -OCH3 is 1. The summed E-state index contributed by atoms with van der Waals surface area (Å²) in [5.41, 5.74) is 2.60. The summed E-state index contributed by atoms with van der Waals surface area (Å²) in [6.45, 7) is 4.87. The number of anilines is 1. The van der Waals surface area contributed by atoms with Crippen molar-refractivity contribution in [2.24, 2.45) is 0 Å². The number of unbranched alkanes of at least 4 members (excludes halogenated alkanes) is 1. The molecular formula is C21H35I2N2O3-. The molecule has 1 N–H and O–H groups in total. The van der Waals surface area contributed by atoms with Crippen LogP contribution in [0.15, 0.2) is 12.1 Å². The van der Waals surface area contributed by atoms with E-state index in [2.05, 4.69) is 24.4 Å². The van der Waals surface area contributed by atoms with Crippen molar-refractivity contribution in [1.82, 2.24) is 4.98 Å². The summed E-state index contributed by atoms with van der Waals surface area (Å²) < 4.78 is 14.3. The molecule has 28 heavy (non-hydrogen) atoms. The number of fused-ring (bicyclic) bond motifs is 1. The summed E-state index contributed by atoms with van der Waals surface area (Å²) in [6.07, 6.45) is 7.59. The molecule has 7 heteroatoms. The third kappa shape index (κ3) is 9.56. The van der Waals surface area contributed by atoms with E-state index in [0.717, 1.165) is 44.8 Å². The average Bonchev–Trinajstić information content (AvgIpc) is 2.73. The van der Waals surface area contributed by atoms with E-state index in [-0.39, 0.29) is 23.2 Å². The zero-order chi connectivity index (χ0) is 20.0. The maximum absolute atomic E-state index is 11.4. The van der Waals surface area contributed by atoms with Crippen molar-refractivity contribution in [3.8, 4) is 0 Å². The predicted octanol–water partition coefficient (Wildman–Crippen LogP) is 1.26. The van der Waals surface area contributed by atoms with E-state index in [9.17, 15) is 4.79 Å². The molecule has 1 aliphatic heterocycles. The van der Waals surface area contributed by atoms with Crippen LogP contribution in [0.25, 0.3) is 0 Å². The summed E-state index contributed by atoms with van der Waals surface area (Å²) in [5.74, 6) is 1.05. The van der Waals surface area contributed by atoms with Gasteiger partial charge in [-0.25, -0.2) is 0 Å². The molecule has 1 aliphatic rings. The number of pyridine rings is 1. The number of alkyl halides is 3. The number of carbonyl (C=O) groups is 1. The first kappa shape index (κ1) is 24.1. The molecule has 2 rings (SSSR count). The quantitative estimate of drug-likeness (QED) is 0.148. The molecule has 0 fully saturated rings. The van der Waals surface area contributed by atoms with Crippen LogP contribution in [0.1, 0.15) is 50.3 Å². The fraction of sp³-hybridized carbons (Fsp3) is 0.714. The average molecular weight is 617 g/mol. The van der Waals surface area contributed by atoms with Crippen LogP contribution in [-0.4, -0.2) is 51.1 Å². The van der Waals surface area contributed by atoms with Gasteiger partial charge in [-0.05, 0) is 0 Å². The topological polar surface area (TPSA) is 60.5 Å². The zero-order valence-corrected chi connectivity index (χ0v) is 21.6. The first-order chi connectivity index (χ1) is 13.7. The van der Waals surface area contributed by atoms with Crippen molar-refractivity contribution in [2.75, 3.05) is 45.5 Å². The number of halogens is 2. The Hall–Kier alpha value is -0.160. The van der Waals surface area contributed by atoms with Crippen LogP contribution in [0.4, 0.5) is 5.82 Å². The van der Waals surface area contributed by atoms with Crippen molar-refractivity contribution < 1.29 is 31.5 Å². The molecule has 1 aromatic heterocycles. The number of nitrogens with zero attached hydrogens (tertiary/aromatic N) is 1. The monoisotopic (exact) mass is 617 g/mol. The molecule has 0 saturated heterocycles. The Morgan fingerprint density at radius 1 is 1.29 bits per heavy atom. The Balaban J connectivity index is 1.70. The van der Waals surface area contributed by atoms with Gasteiger partial charge in [0.2, 0.25) is 0 Å². The summed E-state index contributed by atoms with van der Waals surface area (Å²) in [4.78, 5) is 16.2. The second-order valence-electron chi connectivity index (χ2n) is 6.73. The molecule has 0 radical (unpaired) electrons. The van der Waals surface area contributed by atoms with Crippen LogP contribution >= 0.6 is 15.8 Å². The Bertz CT molecular complexity index is 587. The van der Waals surface area contributed by atoms with Gasteiger partial charge in [0.15, 0.2) is 0 Å². The number of aromatic nitrogens is 1. The van der Waals surface area contributed by atoms with E-state index in [1.165, 1.54) is 50.9 Å². The molecule has 0 unspecified atom stereocenters. The third-order valence-electron chi connectivity index (χ3n) is 4.56. The SMILES string of the molecule is CCOCC[I-]I(CCCCc1ccc2c(n1)NCCC2)CCCC(=O)OC. The number of carbonyl (C=O) groups excluding carboxylic acids is 1. The molecule has 5 nitrogen and oxygen atoms in total. The minimum absolute atomic E-state index is 0.0598. The second-order valence-corrected chi connectivity index (χ2v) is 24.4. The van der Waals surface area contributed by atoms with Crippen molar-refractivity contribution in [3.63, 3.8) is 0 Å². The summed E-state index contributed by atoms with van der Waals surface area (Å²) in [5, 5.41) is 3.43. The van der Waals surface area contributed by atoms with Gasteiger partial charge in [-0.3, -0.25) is 0 Å². The van der Waals surface area contributed by atoms with E-state index in [1.807, 2.05) is 0 Å². The predicted molar refractivity (Wildman–Crippen MR) is 120 cm³/mol. The molecule has 162 valence electrons. The van der Waals surface area contributed by atoms with Gasteiger partial charge < -0.3 is 0 Å². The molecule has 0 bridgehead atoms. The van der Waals surface area contributed by atoms with Gasteiger partial charge in [-0.2, -0.15) is 0 Å². The van der Waals surface area contributed by atoms with Crippen molar-refractivity contribution >= 4 is 27.6 Å². The molecule has 0 spiro atoms. The van der Waals surface area contributed by atoms with Crippen LogP contribution in [0.3, 0.4) is 0 Å². The standard InChI is InChI=1S/C21H35I2N2O3/c1-3-28-17-13-22-23(15-6-10-20(26)27-2)14-5-4-9-19-12-11-18-8-7-16-24-21(18)25-19/h11-12H,3-10,13-17H2,1-2H3,(H,24,25)/q-1. The van der Waals surface area contributed by atoms with Gasteiger partial charge in [-0.15, -0.1) is 0 Å². The molecular weight excluding hydrogens is 582 g/mol. The first-order valence-electron chi connectivity index (χ1n) is 10.3. The number of aryl methyl sites for hydroxylation is 2. The van der Waals surface area contributed by atoms with Gasteiger partial charge >= 0.3 is 185 Å². The fourth-order valence-electron chi connectivity index (χ4n) is 3.04. The van der Waals surface area contributed by atoms with Crippen LogP contribution in [0.2, 0.25) is 0 Å². The van der Waals surface area contributed by atoms with Crippen molar-refractivity contribution in [2.45, 2.75) is 51.9 Å². The van der Waals surface area contributed by atoms with Gasteiger partial charge in [0, 0.05) is 0 Å². The summed E-state index contributed by atoms with van der Waals surface area (Å²) in [7, 11) is 1.48. The molecule has 0 aromatic carbocycles. The van der Waals surface area contributed by atoms with Crippen molar-refractivity contribution in [3.05, 3.63) is 23.4 Å². The Kier molecular flexibility index (Phi) is 12.7. The molecule has 0 aliphatic carbocycles. The number of ether oxygens (including phenoxy) is 2. The van der Waals surface area contributed by atoms with E-state index >= 15 is 0 Å². The third-order valence-corrected chi connectivity index (χ3v) is 23.8. The van der Waals surface area contributed by atoms with Gasteiger partial charge in [0.25, 0.3) is 0 Å². The van der Waals surface area contributed by atoms with E-state index < -0.39 is 15.8 Å². The van der Waals surface area contributed by atoms with Gasteiger partial charge in [0.05, 0.1) is 0 Å². The molecule has 0 atom stereocenters. The Labute approximate surface area is 183 Å². The zero-order valence-electron chi connectivity index (χ0n) is 17.3. The summed E-state index contributed by atoms with van der Waals surface area (Å²) >= 11 is -0.609. The molecule has 2 heterocycles. The number of rotatable bonds is 14. The minimum atomic E-state index is -0.892. The van der Waals surface area contributed by atoms with Gasteiger partial charge in [0.1, 0.15) is 0 Å². The number of nitrogens with one attached hydrogen (secondary N) is 1. The summed E-state index contributed by atoms with van der Waals surface area (Å²) in [6, 6.07) is 4.47. The number of hydrogen-bond acceptors (Lipinski definition) is 5. The fourth-order valence-corrected chi connectivity index (χ4v) is 20.5. The second kappa shape index (κ2) is 14.8. The molecule has 0 saturated carbocycles. The molecule has 1 aromatic rings. The van der Waals surface area contributed by atoms with Crippen LogP contribution in [-0.2, 0) is 27.1 Å². The Morgan fingerprint density at radius 2 is 2.14 bits per heavy atom. The van der Waals surface area contributed by atoms with Crippen LogP contribution in [0.5, 0.6) is 0 Å². The van der Waals surface area contributed by atoms with Crippen molar-refractivity contribution in [1.29, 1.82) is 0 Å². The maximum atomic E-state index is 11.4. The molecule has 0 amide bonds.